The lowest BCUT2D eigenvalue weighted by molar-refractivity contribution is -0.134. The largest absolute Gasteiger partial charge is 0.345 e. The van der Waals surface area contributed by atoms with Crippen molar-refractivity contribution in [1.29, 1.82) is 0 Å². The van der Waals surface area contributed by atoms with E-state index in [0.717, 1.165) is 31.5 Å². The molecule has 2 saturated heterocycles. The van der Waals surface area contributed by atoms with Crippen molar-refractivity contribution < 1.29 is 4.79 Å². The van der Waals surface area contributed by atoms with Crippen LogP contribution in [-0.4, -0.2) is 41.5 Å². The Morgan fingerprint density at radius 2 is 2.37 bits per heavy atom. The summed E-state index contributed by atoms with van der Waals surface area (Å²) in [7, 11) is 1.91. The van der Waals surface area contributed by atoms with Crippen LogP contribution in [0.2, 0.25) is 0 Å². The Balaban J connectivity index is 1.53. The molecule has 19 heavy (non-hydrogen) atoms. The lowest BCUT2D eigenvalue weighted by Gasteiger charge is -2.25. The number of fused-ring (bicyclic) bond motifs is 2. The summed E-state index contributed by atoms with van der Waals surface area (Å²) in [5.74, 6) is 0.503. The minimum Gasteiger partial charge on any atom is -0.345 e. The molecule has 3 unspecified atom stereocenters. The average molecular weight is 259 g/mol. The number of pyridine rings is 1. The molecule has 2 aliphatic rings. The predicted octanol–water partition coefficient (Wildman–Crippen LogP) is 1.22. The summed E-state index contributed by atoms with van der Waals surface area (Å²) in [6.07, 6.45) is 6.06. The van der Waals surface area contributed by atoms with Gasteiger partial charge in [0.05, 0.1) is 5.92 Å². The quantitative estimate of drug-likeness (QED) is 0.884. The van der Waals surface area contributed by atoms with Crippen LogP contribution < -0.4 is 5.32 Å². The molecule has 1 N–H and O–H groups in total. The van der Waals surface area contributed by atoms with E-state index in [9.17, 15) is 4.79 Å². The molecule has 0 saturated carbocycles. The van der Waals surface area contributed by atoms with E-state index in [1.54, 1.807) is 6.20 Å². The highest BCUT2D eigenvalue weighted by Gasteiger charge is 2.43. The summed E-state index contributed by atoms with van der Waals surface area (Å²) in [6.45, 7) is 0.754. The Kier molecular flexibility index (Phi) is 3.51. The smallest absolute Gasteiger partial charge is 0.227 e. The fourth-order valence-corrected chi connectivity index (χ4v) is 3.32. The van der Waals surface area contributed by atoms with Gasteiger partial charge in [-0.3, -0.25) is 9.78 Å². The van der Waals surface area contributed by atoms with Gasteiger partial charge >= 0.3 is 0 Å². The Bertz CT molecular complexity index is 448. The van der Waals surface area contributed by atoms with Gasteiger partial charge in [0.25, 0.3) is 0 Å². The number of nitrogens with zero attached hydrogens (tertiary/aromatic N) is 2. The molecule has 2 aliphatic heterocycles. The molecular formula is C15H21N3O. The third kappa shape index (κ3) is 2.63. The van der Waals surface area contributed by atoms with Gasteiger partial charge in [-0.2, -0.15) is 0 Å². The summed E-state index contributed by atoms with van der Waals surface area (Å²) in [6, 6.07) is 6.93. The molecule has 4 nitrogen and oxygen atoms in total. The second-order valence-electron chi connectivity index (χ2n) is 5.72. The summed E-state index contributed by atoms with van der Waals surface area (Å²) in [4.78, 5) is 18.6. The van der Waals surface area contributed by atoms with Gasteiger partial charge in [-0.05, 0) is 31.4 Å². The number of likely N-dealkylation sites (N-methyl/N-ethyl adjacent to an activating group) is 1. The van der Waals surface area contributed by atoms with Crippen LogP contribution in [0, 0.1) is 5.92 Å². The highest BCUT2D eigenvalue weighted by Crippen LogP contribution is 2.34. The maximum Gasteiger partial charge on any atom is 0.227 e. The average Bonchev–Trinajstić information content (AvgIpc) is 3.07. The lowest BCUT2D eigenvalue weighted by Crippen LogP contribution is -2.39. The second kappa shape index (κ2) is 5.29. The first-order chi connectivity index (χ1) is 9.24. The minimum absolute atomic E-state index is 0.201. The van der Waals surface area contributed by atoms with Gasteiger partial charge in [-0.15, -0.1) is 0 Å². The standard InChI is InChI=1S/C15H21N3O/c1-18(9-7-11-4-2-3-8-16-11)15(19)13-10-12-5-6-14(13)17-12/h2-4,8,12-14,17H,5-7,9-10H2,1H3. The van der Waals surface area contributed by atoms with Crippen molar-refractivity contribution in [2.45, 2.75) is 37.8 Å². The molecule has 0 aromatic carbocycles. The lowest BCUT2D eigenvalue weighted by atomic mass is 9.88. The van der Waals surface area contributed by atoms with Gasteiger partial charge in [-0.1, -0.05) is 6.07 Å². The van der Waals surface area contributed by atoms with Crippen molar-refractivity contribution >= 4 is 5.91 Å². The molecule has 0 radical (unpaired) electrons. The Morgan fingerprint density at radius 3 is 3.00 bits per heavy atom. The monoisotopic (exact) mass is 259 g/mol. The topological polar surface area (TPSA) is 45.2 Å². The number of nitrogens with one attached hydrogen (secondary N) is 1. The van der Waals surface area contributed by atoms with E-state index in [0.29, 0.717) is 18.0 Å². The van der Waals surface area contributed by atoms with Crippen LogP contribution >= 0.6 is 0 Å². The van der Waals surface area contributed by atoms with Gasteiger partial charge in [0.15, 0.2) is 0 Å². The molecule has 1 aromatic heterocycles. The van der Waals surface area contributed by atoms with Crippen LogP contribution in [0.4, 0.5) is 0 Å². The molecule has 1 aromatic rings. The van der Waals surface area contributed by atoms with Crippen LogP contribution in [0.15, 0.2) is 24.4 Å². The first-order valence-electron chi connectivity index (χ1n) is 7.15. The van der Waals surface area contributed by atoms with Gasteiger partial charge in [-0.25, -0.2) is 0 Å². The molecular weight excluding hydrogens is 238 g/mol. The maximum absolute atomic E-state index is 12.4. The Morgan fingerprint density at radius 1 is 1.47 bits per heavy atom. The SMILES string of the molecule is CN(CCc1ccccn1)C(=O)C1CC2CCC1N2. The van der Waals surface area contributed by atoms with Gasteiger partial charge in [0.2, 0.25) is 5.91 Å². The van der Waals surface area contributed by atoms with E-state index in [1.165, 1.54) is 6.42 Å². The van der Waals surface area contributed by atoms with E-state index in [2.05, 4.69) is 10.3 Å². The van der Waals surface area contributed by atoms with E-state index in [-0.39, 0.29) is 5.92 Å². The highest BCUT2D eigenvalue weighted by molar-refractivity contribution is 5.80. The number of hydrogen-bond acceptors (Lipinski definition) is 3. The first-order valence-corrected chi connectivity index (χ1v) is 7.15. The third-order valence-electron chi connectivity index (χ3n) is 4.42. The first kappa shape index (κ1) is 12.6. The van der Waals surface area contributed by atoms with Gasteiger partial charge < -0.3 is 10.2 Å². The number of carbonyl (C=O) groups excluding carboxylic acids is 1. The molecule has 0 spiro atoms. The highest BCUT2D eigenvalue weighted by atomic mass is 16.2. The molecule has 2 bridgehead atoms. The third-order valence-corrected chi connectivity index (χ3v) is 4.42. The number of amides is 1. The summed E-state index contributed by atoms with van der Waals surface area (Å²) >= 11 is 0. The van der Waals surface area contributed by atoms with Gasteiger partial charge in [0.1, 0.15) is 0 Å². The predicted molar refractivity (Wildman–Crippen MR) is 73.6 cm³/mol. The molecule has 4 heteroatoms. The van der Waals surface area contributed by atoms with Crippen molar-refractivity contribution in [3.63, 3.8) is 0 Å². The molecule has 2 fully saturated rings. The number of carbonyl (C=O) groups is 1. The van der Waals surface area contributed by atoms with Crippen LogP contribution in [0.1, 0.15) is 25.0 Å². The summed E-state index contributed by atoms with van der Waals surface area (Å²) in [5, 5.41) is 3.53. The number of aromatic nitrogens is 1. The molecule has 3 heterocycles. The van der Waals surface area contributed by atoms with Crippen LogP contribution in [0.3, 0.4) is 0 Å². The summed E-state index contributed by atoms with van der Waals surface area (Å²) < 4.78 is 0. The molecule has 102 valence electrons. The van der Waals surface area contributed by atoms with Crippen molar-refractivity contribution in [3.8, 4) is 0 Å². The van der Waals surface area contributed by atoms with Crippen molar-refractivity contribution in [1.82, 2.24) is 15.2 Å². The second-order valence-corrected chi connectivity index (χ2v) is 5.72. The normalized spacial score (nSPS) is 28.6. The number of rotatable bonds is 4. The zero-order chi connectivity index (χ0) is 13.2. The van der Waals surface area contributed by atoms with Crippen molar-refractivity contribution in [2.75, 3.05) is 13.6 Å². The zero-order valence-corrected chi connectivity index (χ0v) is 11.4. The van der Waals surface area contributed by atoms with Crippen molar-refractivity contribution in [2.24, 2.45) is 5.92 Å². The van der Waals surface area contributed by atoms with E-state index in [4.69, 9.17) is 0 Å². The molecule has 0 aliphatic carbocycles. The maximum atomic E-state index is 12.4. The van der Waals surface area contributed by atoms with Crippen LogP contribution in [0.5, 0.6) is 0 Å². The molecule has 1 amide bonds. The van der Waals surface area contributed by atoms with Gasteiger partial charge in [0, 0.05) is 44.0 Å². The zero-order valence-electron chi connectivity index (χ0n) is 11.4. The van der Waals surface area contributed by atoms with Crippen molar-refractivity contribution in [3.05, 3.63) is 30.1 Å². The Labute approximate surface area is 114 Å². The summed E-state index contributed by atoms with van der Waals surface area (Å²) in [5.41, 5.74) is 1.05. The molecule has 3 atom stereocenters. The van der Waals surface area contributed by atoms with E-state index >= 15 is 0 Å². The minimum atomic E-state index is 0.201. The fourth-order valence-electron chi connectivity index (χ4n) is 3.32. The molecule has 3 rings (SSSR count). The van der Waals surface area contributed by atoms with E-state index in [1.807, 2.05) is 30.1 Å². The van der Waals surface area contributed by atoms with E-state index < -0.39 is 0 Å². The van der Waals surface area contributed by atoms with Crippen LogP contribution in [-0.2, 0) is 11.2 Å². The Hall–Kier alpha value is -1.42. The number of hydrogen-bond donors (Lipinski definition) is 1. The van der Waals surface area contributed by atoms with Crippen LogP contribution in [0.25, 0.3) is 0 Å². The fraction of sp³-hybridized carbons (Fsp3) is 0.600.